The van der Waals surface area contributed by atoms with Gasteiger partial charge in [-0.05, 0) is 118 Å². The number of fused-ring (bicyclic) bond motifs is 5. The van der Waals surface area contributed by atoms with Crippen molar-refractivity contribution in [3.8, 4) is 0 Å². The van der Waals surface area contributed by atoms with Gasteiger partial charge in [0.25, 0.3) is 0 Å². The average Bonchev–Trinajstić information content (AvgIpc) is 3.61. The van der Waals surface area contributed by atoms with Crippen LogP contribution in [0, 0.1) is 51.2 Å². The van der Waals surface area contributed by atoms with E-state index in [0.29, 0.717) is 38.6 Å². The summed E-state index contributed by atoms with van der Waals surface area (Å²) in [5.74, 6) is -3.87. The van der Waals surface area contributed by atoms with Crippen molar-refractivity contribution in [2.75, 3.05) is 20.3 Å². The summed E-state index contributed by atoms with van der Waals surface area (Å²) >= 11 is 0. The summed E-state index contributed by atoms with van der Waals surface area (Å²) in [7, 11) is 1.36. The third-order valence-electron chi connectivity index (χ3n) is 17.5. The van der Waals surface area contributed by atoms with Crippen molar-refractivity contribution in [3.63, 3.8) is 0 Å². The van der Waals surface area contributed by atoms with Gasteiger partial charge in [0.05, 0.1) is 12.7 Å². The van der Waals surface area contributed by atoms with E-state index in [-0.39, 0.29) is 69.3 Å². The Balaban J connectivity index is 1.62. The van der Waals surface area contributed by atoms with Gasteiger partial charge in [-0.25, -0.2) is 0 Å². The molecule has 1 saturated heterocycles. The van der Waals surface area contributed by atoms with Crippen molar-refractivity contribution in [2.45, 2.75) is 216 Å². The molecule has 5 unspecified atom stereocenters. The molecule has 0 aromatic heterocycles. The summed E-state index contributed by atoms with van der Waals surface area (Å²) in [6.07, 6.45) is -0.772. The van der Waals surface area contributed by atoms with Crippen molar-refractivity contribution in [1.82, 2.24) is 5.32 Å². The fourth-order valence-corrected chi connectivity index (χ4v) is 14.6. The first kappa shape index (κ1) is 56.1. The lowest BCUT2D eigenvalue weighted by Crippen LogP contribution is -2.67. The Morgan fingerprint density at radius 3 is 1.84 bits per heavy atom. The molecule has 0 amide bonds. The lowest BCUT2D eigenvalue weighted by Gasteiger charge is -2.70. The van der Waals surface area contributed by atoms with E-state index in [2.05, 4.69) is 39.9 Å². The molecule has 69 heavy (non-hydrogen) atoms. The average molecular weight is 978 g/mol. The lowest BCUT2D eigenvalue weighted by atomic mass is 9.35. The number of hydrogen-bond donors (Lipinski definition) is 1. The van der Waals surface area contributed by atoms with Crippen LogP contribution in [0.1, 0.15) is 161 Å². The van der Waals surface area contributed by atoms with Crippen LogP contribution in [0.5, 0.6) is 0 Å². The molecular weight excluding hydrogens is 895 g/mol. The van der Waals surface area contributed by atoms with Crippen LogP contribution in [0.4, 0.5) is 0 Å². The molecule has 5 rings (SSSR count). The molecule has 16 atom stereocenters. The van der Waals surface area contributed by atoms with Crippen molar-refractivity contribution >= 4 is 41.8 Å². The molecule has 392 valence electrons. The van der Waals surface area contributed by atoms with Crippen LogP contribution in [-0.4, -0.2) is 117 Å². The normalized spacial score (nSPS) is 37.0. The highest BCUT2D eigenvalue weighted by Crippen LogP contribution is 2.76. The second kappa shape index (κ2) is 21.9. The number of esters is 7. The highest BCUT2D eigenvalue weighted by Gasteiger charge is 2.73. The molecule has 0 aromatic carbocycles. The molecular formula is C52H83NO16. The number of rotatable bonds is 18. The maximum absolute atomic E-state index is 13.4. The van der Waals surface area contributed by atoms with Gasteiger partial charge in [0.2, 0.25) is 0 Å². The summed E-state index contributed by atoms with van der Waals surface area (Å²) in [6, 6.07) is -0.550. The van der Waals surface area contributed by atoms with Gasteiger partial charge in [-0.15, -0.1) is 0 Å². The van der Waals surface area contributed by atoms with E-state index in [4.69, 9.17) is 42.6 Å². The molecule has 0 radical (unpaired) electrons. The molecule has 1 aliphatic heterocycles. The van der Waals surface area contributed by atoms with Gasteiger partial charge in [0.1, 0.15) is 31.0 Å². The standard InChI is InChI=1S/C52H83NO16/c1-28(2)25-36(46(60)61-15)53-24-16-20-52(14,69-47-45(67-34(8)59)44(66-33(7)58)43(65-32(6)57)38(68-47)27-62-29(3)54)35-17-22-51(13)42(35)37(63-30(4)55)26-40-49(11)21-19-41(64-31(5)56)48(9,10)39(49)18-23-50(40,51)12/h28,35-45,47,53H,16-27H2,1-15H3/t35?,36-,37?,38+,39?,40?,41-,42-,43+,44-,45?,47+,49-,50+,51+,52-/m0/s1. The van der Waals surface area contributed by atoms with Crippen LogP contribution >= 0.6 is 0 Å². The molecule has 1 heterocycles. The number of nitrogens with one attached hydrogen (secondary N) is 1. The minimum absolute atomic E-state index is 0.151. The molecule has 17 nitrogen and oxygen atoms in total. The van der Waals surface area contributed by atoms with Gasteiger partial charge >= 0.3 is 41.8 Å². The Labute approximate surface area is 409 Å². The van der Waals surface area contributed by atoms with Crippen LogP contribution < -0.4 is 5.32 Å². The third-order valence-corrected chi connectivity index (χ3v) is 17.5. The third kappa shape index (κ3) is 11.8. The number of hydrogen-bond acceptors (Lipinski definition) is 17. The zero-order valence-electron chi connectivity index (χ0n) is 44.0. The van der Waals surface area contributed by atoms with Gasteiger partial charge in [-0.2, -0.15) is 0 Å². The first-order valence-corrected chi connectivity index (χ1v) is 25.2. The van der Waals surface area contributed by atoms with Crippen LogP contribution in [0.2, 0.25) is 0 Å². The van der Waals surface area contributed by atoms with E-state index in [1.165, 1.54) is 48.7 Å². The van der Waals surface area contributed by atoms with E-state index in [0.717, 1.165) is 32.1 Å². The van der Waals surface area contributed by atoms with Crippen LogP contribution in [0.25, 0.3) is 0 Å². The minimum Gasteiger partial charge on any atom is -0.468 e. The van der Waals surface area contributed by atoms with E-state index in [1.54, 1.807) is 0 Å². The predicted molar refractivity (Wildman–Crippen MR) is 249 cm³/mol. The van der Waals surface area contributed by atoms with Crippen molar-refractivity contribution in [2.24, 2.45) is 51.2 Å². The van der Waals surface area contributed by atoms with Crippen LogP contribution in [0.15, 0.2) is 0 Å². The molecule has 0 spiro atoms. The number of carbonyl (C=O) groups excluding carboxylic acids is 7. The van der Waals surface area contributed by atoms with E-state index in [1.807, 2.05) is 20.8 Å². The Kier molecular flexibility index (Phi) is 17.8. The first-order chi connectivity index (χ1) is 32.0. The van der Waals surface area contributed by atoms with E-state index in [9.17, 15) is 33.6 Å². The summed E-state index contributed by atoms with van der Waals surface area (Å²) < 4.78 is 54.4. The Bertz CT molecular complexity index is 1900. The molecule has 17 heteroatoms. The second-order valence-electron chi connectivity index (χ2n) is 22.8. The molecule has 5 aliphatic rings. The number of ether oxygens (including phenoxy) is 9. The fraction of sp³-hybridized carbons (Fsp3) is 0.865. The Morgan fingerprint density at radius 2 is 1.28 bits per heavy atom. The summed E-state index contributed by atoms with van der Waals surface area (Å²) in [4.78, 5) is 89.1. The monoisotopic (exact) mass is 978 g/mol. The van der Waals surface area contributed by atoms with Gasteiger partial charge in [-0.1, -0.05) is 48.5 Å². The largest absolute Gasteiger partial charge is 0.468 e. The highest BCUT2D eigenvalue weighted by atomic mass is 16.7. The topological polar surface area (TPSA) is 215 Å². The van der Waals surface area contributed by atoms with Crippen molar-refractivity contribution < 1.29 is 76.2 Å². The first-order valence-electron chi connectivity index (χ1n) is 25.2. The quantitative estimate of drug-likeness (QED) is 0.0835. The van der Waals surface area contributed by atoms with Gasteiger partial charge < -0.3 is 47.9 Å². The van der Waals surface area contributed by atoms with Gasteiger partial charge in [0.15, 0.2) is 24.6 Å². The number of methoxy groups -OCH3 is 1. The summed E-state index contributed by atoms with van der Waals surface area (Å²) in [6.45, 7) is 25.3. The minimum atomic E-state index is -1.46. The highest BCUT2D eigenvalue weighted by molar-refractivity contribution is 5.75. The molecule has 5 fully saturated rings. The predicted octanol–water partition coefficient (Wildman–Crippen LogP) is 6.96. The van der Waals surface area contributed by atoms with Crippen molar-refractivity contribution in [3.05, 3.63) is 0 Å². The maximum Gasteiger partial charge on any atom is 0.322 e. The maximum atomic E-state index is 13.4. The Morgan fingerprint density at radius 1 is 0.696 bits per heavy atom. The SMILES string of the molecule is COC(=O)[C@H](CC(C)C)NCCC[C@](C)(O[C@H]1O[C@H](COC(C)=O)[C@@H](OC(C)=O)[C@H](OC(C)=O)C1OC(C)=O)C1CC[C@]2(C)[C@@H]1C(OC(C)=O)CC1[C@@]3(C)CC[C@H](OC(C)=O)C(C)(C)C3CC[C@]12C. The fourth-order valence-electron chi connectivity index (χ4n) is 14.6. The second-order valence-corrected chi connectivity index (χ2v) is 22.8. The smallest absolute Gasteiger partial charge is 0.322 e. The zero-order chi connectivity index (χ0) is 51.6. The molecule has 4 saturated carbocycles. The van der Waals surface area contributed by atoms with Crippen LogP contribution in [0.3, 0.4) is 0 Å². The summed E-state index contributed by atoms with van der Waals surface area (Å²) in [5.41, 5.74) is -2.22. The summed E-state index contributed by atoms with van der Waals surface area (Å²) in [5, 5.41) is 3.40. The van der Waals surface area contributed by atoms with Crippen molar-refractivity contribution in [1.29, 1.82) is 0 Å². The molecule has 4 aliphatic carbocycles. The number of carbonyl (C=O) groups is 7. The van der Waals surface area contributed by atoms with Gasteiger partial charge in [-0.3, -0.25) is 33.6 Å². The van der Waals surface area contributed by atoms with E-state index < -0.39 is 84.9 Å². The lowest BCUT2D eigenvalue weighted by molar-refractivity contribution is -0.339. The van der Waals surface area contributed by atoms with E-state index >= 15 is 0 Å². The van der Waals surface area contributed by atoms with Gasteiger partial charge in [0, 0.05) is 52.9 Å². The molecule has 0 aromatic rings. The Hall–Kier alpha value is -3.83. The molecule has 0 bridgehead atoms. The molecule has 1 N–H and O–H groups in total. The zero-order valence-corrected chi connectivity index (χ0v) is 44.0. The van der Waals surface area contributed by atoms with Crippen LogP contribution in [-0.2, 0) is 76.2 Å².